The summed E-state index contributed by atoms with van der Waals surface area (Å²) in [7, 11) is -9.98. The Bertz CT molecular complexity index is 2350. The van der Waals surface area contributed by atoms with E-state index in [1.54, 1.807) is 0 Å². The first kappa shape index (κ1) is 100.0. The zero-order valence-electron chi connectivity index (χ0n) is 65.9. The van der Waals surface area contributed by atoms with Gasteiger partial charge in [0, 0.05) is 25.7 Å². The van der Waals surface area contributed by atoms with Crippen molar-refractivity contribution in [2.45, 2.75) is 380 Å². The molecule has 2 unspecified atom stereocenters. The second-order valence-corrected chi connectivity index (χ2v) is 30.6. The van der Waals surface area contributed by atoms with Crippen molar-refractivity contribution < 1.29 is 80.2 Å². The second kappa shape index (κ2) is 77.1. The highest BCUT2D eigenvalue weighted by Gasteiger charge is 2.30. The SMILES string of the molecule is CCCCC/C=C\C/C=C\C/C=C\C/C=C\CCCC(=O)OC[C@H](COP(=O)(O)OC[C@H](O)COP(=O)(O)OC[C@@H](COC(=O)CCCCCCC/C=C\C/C=C\CCCCC)OC(=O)CCCCCCC/C=C\C/C=C\CCCCC)OC(=O)CCCCCCCCCCCCCCCCCCC. The van der Waals surface area contributed by atoms with Crippen LogP contribution in [0.15, 0.2) is 97.2 Å². The van der Waals surface area contributed by atoms with Gasteiger partial charge in [-0.05, 0) is 128 Å². The van der Waals surface area contributed by atoms with Crippen LogP contribution < -0.4 is 0 Å². The molecule has 0 aliphatic heterocycles. The minimum absolute atomic E-state index is 0.0754. The predicted molar refractivity (Wildman–Crippen MR) is 427 cm³/mol. The first-order valence-corrected chi connectivity index (χ1v) is 44.5. The molecule has 0 heterocycles. The minimum atomic E-state index is -4.99. The average Bonchev–Trinajstić information content (AvgIpc) is 0.926. The molecule has 0 aliphatic rings. The quantitative estimate of drug-likeness (QED) is 0.0169. The van der Waals surface area contributed by atoms with Crippen molar-refractivity contribution in [3.63, 3.8) is 0 Å². The van der Waals surface area contributed by atoms with Crippen molar-refractivity contribution in [3.8, 4) is 0 Å². The molecule has 104 heavy (non-hydrogen) atoms. The summed E-state index contributed by atoms with van der Waals surface area (Å²) in [6.45, 7) is 4.76. The van der Waals surface area contributed by atoms with E-state index in [1.807, 2.05) is 12.2 Å². The van der Waals surface area contributed by atoms with Crippen LogP contribution in [0.25, 0.3) is 0 Å². The molecule has 0 rings (SSSR count). The van der Waals surface area contributed by atoms with E-state index in [-0.39, 0.29) is 25.7 Å². The standard InChI is InChI=1S/C85H150O17P2/c1-5-9-13-17-21-25-29-33-37-39-43-46-50-54-58-62-66-70-83(88)96-76-81(102-85(90)72-68-64-60-56-52-48-44-40-38-34-30-26-22-18-14-10-6-2)78-100-104(93,94)98-74-79(86)73-97-103(91,92)99-77-80(101-84(89)71-67-63-59-55-51-47-42-36-32-28-24-20-16-12-8-4)75-95-82(87)69-65-61-57-53-49-45-41-35-31-27-23-19-15-11-7-3/h21,23-25,27-28,33,35-37,41-43,46,54,58,79-81,86H,5-20,22,26,29-32,34,38-40,44-45,47-53,55-57,59-78H2,1-4H3,(H,91,92)(H,93,94)/b25-21-,27-23-,28-24-,37-33-,41-35-,42-36-,46-43-,58-54-/t79-,80-,81-/m1/s1. The molecule has 0 aromatic carbocycles. The van der Waals surface area contributed by atoms with Crippen LogP contribution in [-0.4, -0.2) is 96.7 Å². The molecule has 0 fully saturated rings. The lowest BCUT2D eigenvalue weighted by atomic mass is 10.0. The second-order valence-electron chi connectivity index (χ2n) is 27.7. The lowest BCUT2D eigenvalue weighted by Gasteiger charge is -2.21. The fraction of sp³-hybridized carbons (Fsp3) is 0.765. The lowest BCUT2D eigenvalue weighted by molar-refractivity contribution is -0.161. The molecule has 0 radical (unpaired) electrons. The maximum atomic E-state index is 13.1. The molecule has 3 N–H and O–H groups in total. The molecular weight excluding hydrogens is 1350 g/mol. The third-order valence-corrected chi connectivity index (χ3v) is 19.4. The molecule has 17 nitrogen and oxygen atoms in total. The summed E-state index contributed by atoms with van der Waals surface area (Å²) < 4.78 is 68.6. The third-order valence-electron chi connectivity index (χ3n) is 17.5. The number of phosphoric ester groups is 2. The number of carbonyl (C=O) groups is 4. The van der Waals surface area contributed by atoms with Crippen molar-refractivity contribution >= 4 is 39.5 Å². The Hall–Kier alpha value is -4.02. The van der Waals surface area contributed by atoms with Gasteiger partial charge in [-0.15, -0.1) is 0 Å². The molecule has 602 valence electrons. The lowest BCUT2D eigenvalue weighted by Crippen LogP contribution is -2.30. The van der Waals surface area contributed by atoms with Crippen LogP contribution in [0.2, 0.25) is 0 Å². The number of unbranched alkanes of at least 4 members (excludes halogenated alkanes) is 36. The molecule has 0 bridgehead atoms. The Labute approximate surface area is 633 Å². The average molecular weight is 1510 g/mol. The highest BCUT2D eigenvalue weighted by molar-refractivity contribution is 7.47. The van der Waals surface area contributed by atoms with Crippen LogP contribution in [0.4, 0.5) is 0 Å². The van der Waals surface area contributed by atoms with E-state index >= 15 is 0 Å². The molecule has 0 aliphatic carbocycles. The van der Waals surface area contributed by atoms with Crippen LogP contribution in [0.3, 0.4) is 0 Å². The first-order valence-electron chi connectivity index (χ1n) is 41.5. The number of allylic oxidation sites excluding steroid dienone is 16. The van der Waals surface area contributed by atoms with Crippen LogP contribution in [-0.2, 0) is 65.4 Å². The Kier molecular flexibility index (Phi) is 74.2. The van der Waals surface area contributed by atoms with E-state index in [0.29, 0.717) is 32.1 Å². The Morgan fingerprint density at radius 1 is 0.269 bits per heavy atom. The number of phosphoric acid groups is 2. The van der Waals surface area contributed by atoms with Gasteiger partial charge in [0.05, 0.1) is 26.4 Å². The predicted octanol–water partition coefficient (Wildman–Crippen LogP) is 24.3. The molecule has 19 heteroatoms. The number of hydrogen-bond donors (Lipinski definition) is 3. The van der Waals surface area contributed by atoms with Crippen LogP contribution in [0, 0.1) is 0 Å². The molecule has 0 spiro atoms. The molecule has 0 saturated heterocycles. The zero-order valence-corrected chi connectivity index (χ0v) is 67.7. The van der Waals surface area contributed by atoms with Gasteiger partial charge in [-0.3, -0.25) is 37.3 Å². The van der Waals surface area contributed by atoms with E-state index in [0.717, 1.165) is 141 Å². The van der Waals surface area contributed by atoms with Gasteiger partial charge in [0.2, 0.25) is 0 Å². The number of hydrogen-bond acceptors (Lipinski definition) is 15. The highest BCUT2D eigenvalue weighted by atomic mass is 31.2. The van der Waals surface area contributed by atoms with E-state index in [2.05, 4.69) is 113 Å². The van der Waals surface area contributed by atoms with Crippen LogP contribution in [0.5, 0.6) is 0 Å². The fourth-order valence-corrected chi connectivity index (χ4v) is 12.7. The van der Waals surface area contributed by atoms with Crippen molar-refractivity contribution in [3.05, 3.63) is 97.2 Å². The van der Waals surface area contributed by atoms with Crippen molar-refractivity contribution in [2.24, 2.45) is 0 Å². The summed E-state index contributed by atoms with van der Waals surface area (Å²) in [6, 6.07) is 0. The van der Waals surface area contributed by atoms with Gasteiger partial charge in [-0.2, -0.15) is 0 Å². The van der Waals surface area contributed by atoms with Crippen LogP contribution in [0.1, 0.15) is 362 Å². The van der Waals surface area contributed by atoms with Gasteiger partial charge in [0.15, 0.2) is 12.2 Å². The van der Waals surface area contributed by atoms with E-state index < -0.39 is 97.5 Å². The Morgan fingerprint density at radius 3 is 0.779 bits per heavy atom. The molecule has 0 saturated carbocycles. The smallest absolute Gasteiger partial charge is 0.462 e. The van der Waals surface area contributed by atoms with Gasteiger partial charge in [-0.1, -0.05) is 305 Å². The van der Waals surface area contributed by atoms with Crippen molar-refractivity contribution in [2.75, 3.05) is 39.6 Å². The van der Waals surface area contributed by atoms with Crippen LogP contribution >= 0.6 is 15.6 Å². The van der Waals surface area contributed by atoms with E-state index in [1.165, 1.54) is 135 Å². The zero-order chi connectivity index (χ0) is 76.0. The first-order chi connectivity index (χ1) is 50.7. The van der Waals surface area contributed by atoms with Gasteiger partial charge in [0.1, 0.15) is 19.3 Å². The number of aliphatic hydroxyl groups excluding tert-OH is 1. The van der Waals surface area contributed by atoms with Gasteiger partial charge < -0.3 is 33.8 Å². The van der Waals surface area contributed by atoms with E-state index in [4.69, 9.17) is 37.0 Å². The topological polar surface area (TPSA) is 237 Å². The maximum Gasteiger partial charge on any atom is 0.472 e. The fourth-order valence-electron chi connectivity index (χ4n) is 11.2. The largest absolute Gasteiger partial charge is 0.472 e. The number of esters is 4. The number of ether oxygens (including phenoxy) is 4. The van der Waals surface area contributed by atoms with E-state index in [9.17, 15) is 43.2 Å². The Balaban J connectivity index is 5.41. The molecule has 0 amide bonds. The highest BCUT2D eigenvalue weighted by Crippen LogP contribution is 2.45. The molecule has 0 aromatic rings. The van der Waals surface area contributed by atoms with Crippen molar-refractivity contribution in [1.82, 2.24) is 0 Å². The van der Waals surface area contributed by atoms with Gasteiger partial charge in [-0.25, -0.2) is 9.13 Å². The summed E-state index contributed by atoms with van der Waals surface area (Å²) in [4.78, 5) is 73.1. The summed E-state index contributed by atoms with van der Waals surface area (Å²) in [5.41, 5.74) is 0. The molecular formula is C85H150O17P2. The normalized spacial score (nSPS) is 14.3. The summed E-state index contributed by atoms with van der Waals surface area (Å²) in [6.07, 6.45) is 82.4. The summed E-state index contributed by atoms with van der Waals surface area (Å²) >= 11 is 0. The van der Waals surface area contributed by atoms with Crippen molar-refractivity contribution in [1.29, 1.82) is 0 Å². The third kappa shape index (κ3) is 76.2. The number of rotatable bonds is 78. The van der Waals surface area contributed by atoms with Gasteiger partial charge >= 0.3 is 39.5 Å². The molecule has 0 aromatic heterocycles. The number of aliphatic hydroxyl groups is 1. The summed E-state index contributed by atoms with van der Waals surface area (Å²) in [5, 5.41) is 10.7. The molecule has 5 atom stereocenters. The van der Waals surface area contributed by atoms with Gasteiger partial charge in [0.25, 0.3) is 0 Å². The Morgan fingerprint density at radius 2 is 0.481 bits per heavy atom. The minimum Gasteiger partial charge on any atom is -0.462 e. The monoisotopic (exact) mass is 1510 g/mol. The number of carbonyl (C=O) groups excluding carboxylic acids is 4. The maximum absolute atomic E-state index is 13.1. The summed E-state index contributed by atoms with van der Waals surface area (Å²) in [5.74, 6) is -2.25.